The topological polar surface area (TPSA) is 84.2 Å². The second kappa shape index (κ2) is 6.48. The van der Waals surface area contributed by atoms with E-state index in [1.54, 1.807) is 17.9 Å². The van der Waals surface area contributed by atoms with Gasteiger partial charge in [0.2, 0.25) is 0 Å². The Hall–Kier alpha value is -2.00. The maximum absolute atomic E-state index is 12.6. The summed E-state index contributed by atoms with van der Waals surface area (Å²) in [6.45, 7) is 2.90. The zero-order valence-electron chi connectivity index (χ0n) is 14.1. The highest BCUT2D eigenvalue weighted by Gasteiger charge is 2.32. The second-order valence-electron chi connectivity index (χ2n) is 6.14. The minimum absolute atomic E-state index is 0.114. The van der Waals surface area contributed by atoms with Gasteiger partial charge in [-0.25, -0.2) is 23.4 Å². The van der Waals surface area contributed by atoms with Crippen LogP contribution in [-0.4, -0.2) is 58.4 Å². The van der Waals surface area contributed by atoms with Crippen molar-refractivity contribution in [3.05, 3.63) is 30.6 Å². The predicted octanol–water partition coefficient (Wildman–Crippen LogP) is 0.808. The Labute approximate surface area is 142 Å². The van der Waals surface area contributed by atoms with Crippen LogP contribution < -0.4 is 4.90 Å². The molecule has 0 aliphatic carbocycles. The average Bonchev–Trinajstić information content (AvgIpc) is 3.01. The number of nitrogens with zero attached hydrogens (tertiary/aromatic N) is 6. The van der Waals surface area contributed by atoms with Crippen LogP contribution in [0.2, 0.25) is 0 Å². The van der Waals surface area contributed by atoms with Crippen molar-refractivity contribution in [3.8, 4) is 0 Å². The summed E-state index contributed by atoms with van der Waals surface area (Å²) in [5.41, 5.74) is 0.919. The highest BCUT2D eigenvalue weighted by Crippen LogP contribution is 2.24. The van der Waals surface area contributed by atoms with E-state index in [1.807, 2.05) is 20.0 Å². The Morgan fingerprint density at radius 3 is 2.50 bits per heavy atom. The number of imidazole rings is 1. The monoisotopic (exact) mass is 350 g/mol. The number of piperidine rings is 1. The minimum atomic E-state index is -3.50. The molecule has 2 aromatic heterocycles. The zero-order valence-corrected chi connectivity index (χ0v) is 14.9. The number of aryl methyl sites for hydroxylation is 2. The molecule has 130 valence electrons. The van der Waals surface area contributed by atoms with E-state index in [4.69, 9.17) is 0 Å². The Bertz CT molecular complexity index is 811. The van der Waals surface area contributed by atoms with Gasteiger partial charge in [-0.05, 0) is 19.8 Å². The summed E-state index contributed by atoms with van der Waals surface area (Å²) in [5.74, 6) is 0.869. The van der Waals surface area contributed by atoms with Gasteiger partial charge in [-0.1, -0.05) is 0 Å². The quantitative estimate of drug-likeness (QED) is 0.811. The molecule has 9 heteroatoms. The van der Waals surface area contributed by atoms with E-state index in [2.05, 4.69) is 19.9 Å². The highest BCUT2D eigenvalue weighted by molar-refractivity contribution is 7.89. The number of hydrogen-bond donors (Lipinski definition) is 0. The van der Waals surface area contributed by atoms with Gasteiger partial charge >= 0.3 is 0 Å². The summed E-state index contributed by atoms with van der Waals surface area (Å²) < 4.78 is 28.4. The second-order valence-corrected chi connectivity index (χ2v) is 8.03. The molecule has 3 rings (SSSR count). The normalized spacial score (nSPS) is 17.1. The molecule has 3 heterocycles. The SMILES string of the molecule is Cc1cc(N(C)C2CCN(S(=O)(=O)c3cn(C)cn3)CC2)ncn1. The lowest BCUT2D eigenvalue weighted by molar-refractivity contribution is 0.313. The molecule has 0 N–H and O–H groups in total. The third kappa shape index (κ3) is 3.27. The number of aromatic nitrogens is 4. The first-order chi connectivity index (χ1) is 11.4. The third-order valence-electron chi connectivity index (χ3n) is 4.41. The Morgan fingerprint density at radius 1 is 1.21 bits per heavy atom. The molecule has 0 spiro atoms. The van der Waals surface area contributed by atoms with E-state index in [-0.39, 0.29) is 11.1 Å². The van der Waals surface area contributed by atoms with Crippen molar-refractivity contribution >= 4 is 15.8 Å². The van der Waals surface area contributed by atoms with E-state index >= 15 is 0 Å². The molecule has 0 bridgehead atoms. The van der Waals surface area contributed by atoms with Crippen LogP contribution in [0.15, 0.2) is 29.9 Å². The van der Waals surface area contributed by atoms with E-state index in [9.17, 15) is 8.42 Å². The first-order valence-electron chi connectivity index (χ1n) is 7.87. The fourth-order valence-corrected chi connectivity index (χ4v) is 4.38. The number of rotatable bonds is 4. The molecule has 0 aromatic carbocycles. The Morgan fingerprint density at radius 2 is 1.92 bits per heavy atom. The minimum Gasteiger partial charge on any atom is -0.356 e. The predicted molar refractivity (Wildman–Crippen MR) is 90.2 cm³/mol. The fraction of sp³-hybridized carbons (Fsp3) is 0.533. The van der Waals surface area contributed by atoms with Gasteiger partial charge in [0, 0.05) is 51.2 Å². The van der Waals surface area contributed by atoms with Crippen LogP contribution in [0.1, 0.15) is 18.5 Å². The molecule has 0 atom stereocenters. The molecule has 24 heavy (non-hydrogen) atoms. The summed E-state index contributed by atoms with van der Waals surface area (Å²) in [5, 5.41) is 0.114. The van der Waals surface area contributed by atoms with Crippen LogP contribution in [-0.2, 0) is 17.1 Å². The van der Waals surface area contributed by atoms with Gasteiger partial charge in [-0.15, -0.1) is 0 Å². The van der Waals surface area contributed by atoms with Crippen molar-refractivity contribution in [2.75, 3.05) is 25.0 Å². The summed E-state index contributed by atoms with van der Waals surface area (Å²) in [6.07, 6.45) is 6.11. The lowest BCUT2D eigenvalue weighted by Gasteiger charge is -2.36. The Kier molecular flexibility index (Phi) is 4.55. The van der Waals surface area contributed by atoms with Crippen LogP contribution >= 0.6 is 0 Å². The van der Waals surface area contributed by atoms with Crippen LogP contribution in [0.25, 0.3) is 0 Å². The number of hydrogen-bond acceptors (Lipinski definition) is 6. The zero-order chi connectivity index (χ0) is 17.3. The van der Waals surface area contributed by atoms with E-state index in [0.717, 1.165) is 24.4 Å². The number of sulfonamides is 1. The summed E-state index contributed by atoms with van der Waals surface area (Å²) in [7, 11) is 0.252. The van der Waals surface area contributed by atoms with Crippen molar-refractivity contribution < 1.29 is 8.42 Å². The molecule has 0 radical (unpaired) electrons. The largest absolute Gasteiger partial charge is 0.356 e. The maximum atomic E-state index is 12.6. The van der Waals surface area contributed by atoms with Gasteiger partial charge in [0.15, 0.2) is 5.03 Å². The van der Waals surface area contributed by atoms with E-state index in [0.29, 0.717) is 13.1 Å². The molecule has 0 unspecified atom stereocenters. The van der Waals surface area contributed by atoms with Crippen LogP contribution in [0.3, 0.4) is 0 Å². The van der Waals surface area contributed by atoms with Gasteiger partial charge in [0.1, 0.15) is 12.1 Å². The van der Waals surface area contributed by atoms with Crippen molar-refractivity contribution in [1.29, 1.82) is 0 Å². The van der Waals surface area contributed by atoms with Crippen LogP contribution in [0, 0.1) is 6.92 Å². The Balaban J connectivity index is 1.67. The van der Waals surface area contributed by atoms with Gasteiger partial charge in [0.25, 0.3) is 10.0 Å². The molecule has 2 aromatic rings. The van der Waals surface area contributed by atoms with Gasteiger partial charge in [-0.3, -0.25) is 0 Å². The van der Waals surface area contributed by atoms with Crippen molar-refractivity contribution in [1.82, 2.24) is 23.8 Å². The summed E-state index contributed by atoms with van der Waals surface area (Å²) in [6, 6.07) is 2.20. The average molecular weight is 350 g/mol. The van der Waals surface area contributed by atoms with Gasteiger partial charge in [-0.2, -0.15) is 4.31 Å². The lowest BCUT2D eigenvalue weighted by Crippen LogP contribution is -2.45. The first-order valence-corrected chi connectivity index (χ1v) is 9.31. The first kappa shape index (κ1) is 16.8. The highest BCUT2D eigenvalue weighted by atomic mass is 32.2. The standard InChI is InChI=1S/C15H22N6O2S/c1-12-8-14(17-10-16-12)20(3)13-4-6-21(7-5-13)24(22,23)15-9-19(2)11-18-15/h8-11,13H,4-7H2,1-3H3. The maximum Gasteiger partial charge on any atom is 0.262 e. The van der Waals surface area contributed by atoms with Crippen LogP contribution in [0.5, 0.6) is 0 Å². The molecular weight excluding hydrogens is 328 g/mol. The molecule has 1 fully saturated rings. The summed E-state index contributed by atoms with van der Waals surface area (Å²) >= 11 is 0. The van der Waals surface area contributed by atoms with Crippen molar-refractivity contribution in [3.63, 3.8) is 0 Å². The van der Waals surface area contributed by atoms with E-state index < -0.39 is 10.0 Å². The molecule has 1 aliphatic heterocycles. The van der Waals surface area contributed by atoms with Crippen LogP contribution in [0.4, 0.5) is 5.82 Å². The molecule has 8 nitrogen and oxygen atoms in total. The van der Waals surface area contributed by atoms with E-state index in [1.165, 1.54) is 16.8 Å². The van der Waals surface area contributed by atoms with Crippen molar-refractivity contribution in [2.45, 2.75) is 30.8 Å². The lowest BCUT2D eigenvalue weighted by atomic mass is 10.1. The summed E-state index contributed by atoms with van der Waals surface area (Å²) in [4.78, 5) is 14.5. The van der Waals surface area contributed by atoms with Gasteiger partial charge in [0.05, 0.1) is 6.33 Å². The molecule has 1 aliphatic rings. The van der Waals surface area contributed by atoms with Gasteiger partial charge < -0.3 is 9.47 Å². The molecule has 0 amide bonds. The molecular formula is C15H22N6O2S. The number of anilines is 1. The smallest absolute Gasteiger partial charge is 0.262 e. The fourth-order valence-electron chi connectivity index (χ4n) is 2.94. The third-order valence-corrected chi connectivity index (χ3v) is 6.19. The molecule has 0 saturated carbocycles. The van der Waals surface area contributed by atoms with Crippen molar-refractivity contribution in [2.24, 2.45) is 7.05 Å². The molecule has 1 saturated heterocycles.